The van der Waals surface area contributed by atoms with Crippen LogP contribution in [0.5, 0.6) is 0 Å². The minimum atomic E-state index is -1.39. The van der Waals surface area contributed by atoms with Crippen molar-refractivity contribution < 1.29 is 34.8 Å². The smallest absolute Gasteiger partial charge is 0.315 e. The minimum absolute atomic E-state index is 0.0121. The van der Waals surface area contributed by atoms with Gasteiger partial charge in [0.1, 0.15) is 5.54 Å². The molecule has 154 valence electrons. The van der Waals surface area contributed by atoms with Gasteiger partial charge in [0.25, 0.3) is 0 Å². The summed E-state index contributed by atoms with van der Waals surface area (Å²) in [7, 11) is 0. The van der Waals surface area contributed by atoms with E-state index in [4.69, 9.17) is 26.4 Å². The third-order valence-corrected chi connectivity index (χ3v) is 3.83. The standard InChI is InChI=1S/C15H32N4O7/c16-12(13(17)24)3-1-2-4-18-14(25)19-15(8-22,9-23)10-26-7-11(5-20)6-21/h11-12,20-23H,1-10,16H2,(H2,17,24)(H2,18,19,25)/t12-/m1/s1. The molecule has 1 atom stereocenters. The first kappa shape index (κ1) is 24.5. The Labute approximate surface area is 152 Å². The number of aliphatic hydroxyl groups is 4. The van der Waals surface area contributed by atoms with Gasteiger partial charge in [-0.1, -0.05) is 0 Å². The molecule has 0 aliphatic rings. The zero-order chi connectivity index (χ0) is 20.0. The molecule has 26 heavy (non-hydrogen) atoms. The second kappa shape index (κ2) is 13.7. The van der Waals surface area contributed by atoms with E-state index in [1.807, 2.05) is 0 Å². The number of nitrogens with two attached hydrogens (primary N) is 2. The molecule has 0 aliphatic carbocycles. The van der Waals surface area contributed by atoms with Gasteiger partial charge in [0.05, 0.1) is 45.7 Å². The molecule has 10 N–H and O–H groups in total. The fourth-order valence-corrected chi connectivity index (χ4v) is 1.96. The first-order chi connectivity index (χ1) is 12.3. The number of rotatable bonds is 15. The predicted molar refractivity (Wildman–Crippen MR) is 92.9 cm³/mol. The zero-order valence-corrected chi connectivity index (χ0v) is 14.9. The Hall–Kier alpha value is -1.50. The summed E-state index contributed by atoms with van der Waals surface area (Å²) in [5, 5.41) is 41.9. The third kappa shape index (κ3) is 9.85. The number of urea groups is 1. The van der Waals surface area contributed by atoms with Crippen LogP contribution in [0.1, 0.15) is 19.3 Å². The van der Waals surface area contributed by atoms with E-state index < -0.39 is 42.7 Å². The van der Waals surface area contributed by atoms with Crippen LogP contribution in [-0.4, -0.2) is 90.1 Å². The number of nitrogens with one attached hydrogen (secondary N) is 2. The van der Waals surface area contributed by atoms with Crippen molar-refractivity contribution in [1.82, 2.24) is 10.6 Å². The van der Waals surface area contributed by atoms with Crippen LogP contribution in [-0.2, 0) is 9.53 Å². The second-order valence-electron chi connectivity index (χ2n) is 6.23. The molecule has 0 rings (SSSR count). The van der Waals surface area contributed by atoms with Gasteiger partial charge in [-0.25, -0.2) is 4.79 Å². The van der Waals surface area contributed by atoms with Crippen LogP contribution in [0.2, 0.25) is 0 Å². The Balaban J connectivity index is 4.22. The van der Waals surface area contributed by atoms with E-state index in [1.54, 1.807) is 0 Å². The molecule has 0 heterocycles. The Bertz CT molecular complexity index is 403. The van der Waals surface area contributed by atoms with E-state index in [0.29, 0.717) is 25.8 Å². The Morgan fingerprint density at radius 1 is 1.08 bits per heavy atom. The van der Waals surface area contributed by atoms with Gasteiger partial charge < -0.3 is 47.3 Å². The number of hydrogen-bond donors (Lipinski definition) is 8. The minimum Gasteiger partial charge on any atom is -0.396 e. The molecule has 0 aromatic rings. The van der Waals surface area contributed by atoms with Crippen LogP contribution in [0, 0.1) is 5.92 Å². The number of aliphatic hydroxyl groups excluding tert-OH is 4. The summed E-state index contributed by atoms with van der Waals surface area (Å²) in [5.74, 6) is -1.05. The van der Waals surface area contributed by atoms with Crippen molar-refractivity contribution in [3.05, 3.63) is 0 Å². The predicted octanol–water partition coefficient (Wildman–Crippen LogP) is -3.39. The molecule has 0 saturated heterocycles. The van der Waals surface area contributed by atoms with Gasteiger partial charge >= 0.3 is 6.03 Å². The fourth-order valence-electron chi connectivity index (χ4n) is 1.96. The molecule has 0 fully saturated rings. The lowest BCUT2D eigenvalue weighted by molar-refractivity contribution is -0.119. The molecule has 0 aromatic carbocycles. The molecule has 0 aliphatic heterocycles. The van der Waals surface area contributed by atoms with Crippen molar-refractivity contribution in [2.75, 3.05) is 46.2 Å². The molecular formula is C15H32N4O7. The number of unbranched alkanes of at least 4 members (excludes halogenated alkanes) is 1. The van der Waals surface area contributed by atoms with E-state index in [2.05, 4.69) is 10.6 Å². The van der Waals surface area contributed by atoms with Gasteiger partial charge in [-0.3, -0.25) is 4.79 Å². The number of ether oxygens (including phenoxy) is 1. The van der Waals surface area contributed by atoms with Gasteiger partial charge in [0.15, 0.2) is 0 Å². The first-order valence-corrected chi connectivity index (χ1v) is 8.46. The molecule has 3 amide bonds. The lowest BCUT2D eigenvalue weighted by Gasteiger charge is -2.31. The number of hydrogen-bond acceptors (Lipinski definition) is 8. The van der Waals surface area contributed by atoms with Crippen molar-refractivity contribution in [2.24, 2.45) is 17.4 Å². The fraction of sp³-hybridized carbons (Fsp3) is 0.867. The van der Waals surface area contributed by atoms with Gasteiger partial charge in [-0.05, 0) is 19.3 Å². The Morgan fingerprint density at radius 2 is 1.69 bits per heavy atom. The highest BCUT2D eigenvalue weighted by Crippen LogP contribution is 2.06. The lowest BCUT2D eigenvalue weighted by atomic mass is 10.0. The third-order valence-electron chi connectivity index (χ3n) is 3.83. The maximum absolute atomic E-state index is 11.9. The Kier molecular flexibility index (Phi) is 12.9. The van der Waals surface area contributed by atoms with E-state index in [9.17, 15) is 19.8 Å². The van der Waals surface area contributed by atoms with Crippen LogP contribution in [0.3, 0.4) is 0 Å². The summed E-state index contributed by atoms with van der Waals surface area (Å²) in [6.45, 7) is -1.54. The number of primary amides is 1. The molecule has 11 heteroatoms. The van der Waals surface area contributed by atoms with E-state index in [0.717, 1.165) is 0 Å². The molecule has 0 saturated carbocycles. The highest BCUT2D eigenvalue weighted by molar-refractivity contribution is 5.79. The monoisotopic (exact) mass is 380 g/mol. The van der Waals surface area contributed by atoms with Crippen molar-refractivity contribution in [1.29, 1.82) is 0 Å². The molecule has 0 spiro atoms. The van der Waals surface area contributed by atoms with Crippen molar-refractivity contribution in [3.63, 3.8) is 0 Å². The molecule has 0 bridgehead atoms. The summed E-state index contributed by atoms with van der Waals surface area (Å²) in [4.78, 5) is 22.7. The number of carbonyl (C=O) groups is 2. The van der Waals surface area contributed by atoms with E-state index in [-0.39, 0.29) is 26.4 Å². The summed E-state index contributed by atoms with van der Waals surface area (Å²) in [5.41, 5.74) is 9.14. The van der Waals surface area contributed by atoms with Gasteiger partial charge in [0.2, 0.25) is 5.91 Å². The summed E-state index contributed by atoms with van der Waals surface area (Å²) >= 11 is 0. The molecular weight excluding hydrogens is 348 g/mol. The van der Waals surface area contributed by atoms with Crippen LogP contribution in [0.15, 0.2) is 0 Å². The second-order valence-corrected chi connectivity index (χ2v) is 6.23. The highest BCUT2D eigenvalue weighted by atomic mass is 16.5. The largest absolute Gasteiger partial charge is 0.396 e. The van der Waals surface area contributed by atoms with Crippen LogP contribution < -0.4 is 22.1 Å². The zero-order valence-electron chi connectivity index (χ0n) is 14.9. The molecule has 0 aromatic heterocycles. The highest BCUT2D eigenvalue weighted by Gasteiger charge is 2.31. The van der Waals surface area contributed by atoms with Crippen molar-refractivity contribution in [2.45, 2.75) is 30.8 Å². The maximum atomic E-state index is 11.9. The summed E-state index contributed by atoms with van der Waals surface area (Å²) in [6, 6.07) is -1.31. The number of amides is 3. The van der Waals surface area contributed by atoms with Crippen LogP contribution in [0.4, 0.5) is 4.79 Å². The SMILES string of the molecule is NC(=O)[C@H](N)CCCCNC(=O)NC(CO)(CO)COCC(CO)CO. The lowest BCUT2D eigenvalue weighted by Crippen LogP contribution is -2.60. The number of carbonyl (C=O) groups excluding carboxylic acids is 2. The van der Waals surface area contributed by atoms with Crippen LogP contribution >= 0.6 is 0 Å². The Morgan fingerprint density at radius 3 is 2.19 bits per heavy atom. The first-order valence-electron chi connectivity index (χ1n) is 8.46. The van der Waals surface area contributed by atoms with Crippen molar-refractivity contribution >= 4 is 11.9 Å². The summed E-state index contributed by atoms with van der Waals surface area (Å²) < 4.78 is 5.28. The van der Waals surface area contributed by atoms with E-state index >= 15 is 0 Å². The van der Waals surface area contributed by atoms with Gasteiger partial charge in [-0.15, -0.1) is 0 Å². The van der Waals surface area contributed by atoms with Gasteiger partial charge in [-0.2, -0.15) is 0 Å². The normalized spacial score (nSPS) is 12.8. The quantitative estimate of drug-likeness (QED) is 0.134. The average molecular weight is 380 g/mol. The maximum Gasteiger partial charge on any atom is 0.315 e. The molecule has 0 unspecified atom stereocenters. The van der Waals surface area contributed by atoms with E-state index in [1.165, 1.54) is 0 Å². The topological polar surface area (TPSA) is 200 Å². The summed E-state index contributed by atoms with van der Waals surface area (Å²) in [6.07, 6.45) is 1.59. The molecule has 11 nitrogen and oxygen atoms in total. The van der Waals surface area contributed by atoms with Crippen molar-refractivity contribution in [3.8, 4) is 0 Å². The van der Waals surface area contributed by atoms with Crippen LogP contribution in [0.25, 0.3) is 0 Å². The van der Waals surface area contributed by atoms with Gasteiger partial charge in [0, 0.05) is 12.5 Å². The average Bonchev–Trinajstić information content (AvgIpc) is 2.63. The molecule has 0 radical (unpaired) electrons.